The molecule has 0 spiro atoms. The van der Waals surface area contributed by atoms with Crippen LogP contribution < -0.4 is 4.90 Å². The van der Waals surface area contributed by atoms with Crippen molar-refractivity contribution in [3.05, 3.63) is 89.5 Å². The zero-order chi connectivity index (χ0) is 27.3. The maximum absolute atomic E-state index is 12.9. The average Bonchev–Trinajstić information content (AvgIpc) is 3.67. The molecule has 2 aromatic heterocycles. The lowest BCUT2D eigenvalue weighted by molar-refractivity contribution is 0.0961. The van der Waals surface area contributed by atoms with Crippen molar-refractivity contribution in [3.63, 3.8) is 0 Å². The molecule has 7 heteroatoms. The van der Waals surface area contributed by atoms with E-state index in [2.05, 4.69) is 44.1 Å². The number of nitrogens with zero attached hydrogens (tertiary/aromatic N) is 4. The highest BCUT2D eigenvalue weighted by atomic mass is 16.3. The number of fused-ring (bicyclic) bond motifs is 1. The van der Waals surface area contributed by atoms with E-state index in [1.807, 2.05) is 42.7 Å². The molecule has 0 aliphatic carbocycles. The second-order valence-corrected chi connectivity index (χ2v) is 11.3. The predicted molar refractivity (Wildman–Crippen MR) is 157 cm³/mol. The van der Waals surface area contributed by atoms with Gasteiger partial charge in [-0.1, -0.05) is 0 Å². The van der Waals surface area contributed by atoms with E-state index in [1.165, 1.54) is 16.8 Å². The third-order valence-electron chi connectivity index (χ3n) is 8.69. The third kappa shape index (κ3) is 6.14. The Hall–Kier alpha value is -3.86. The van der Waals surface area contributed by atoms with Gasteiger partial charge in [0.15, 0.2) is 5.78 Å². The van der Waals surface area contributed by atoms with E-state index in [0.717, 1.165) is 88.1 Å². The van der Waals surface area contributed by atoms with Crippen LogP contribution in [0.1, 0.15) is 52.7 Å². The number of nitrogens with one attached hydrogen (secondary N) is 1. The summed E-state index contributed by atoms with van der Waals surface area (Å²) < 4.78 is 5.19. The fourth-order valence-corrected chi connectivity index (χ4v) is 6.20. The minimum atomic E-state index is 0.260. The van der Waals surface area contributed by atoms with Crippen LogP contribution in [-0.2, 0) is 13.1 Å². The number of H-pyrrole nitrogens is 1. The number of rotatable bonds is 9. The summed E-state index contributed by atoms with van der Waals surface area (Å²) in [7, 11) is 0. The number of aromatic nitrogens is 1. The first kappa shape index (κ1) is 26.4. The second-order valence-electron chi connectivity index (χ2n) is 11.3. The van der Waals surface area contributed by atoms with Gasteiger partial charge >= 0.3 is 0 Å². The Morgan fingerprint density at radius 3 is 2.45 bits per heavy atom. The van der Waals surface area contributed by atoms with Gasteiger partial charge in [0.05, 0.1) is 24.2 Å². The summed E-state index contributed by atoms with van der Waals surface area (Å²) in [4.78, 5) is 23.6. The van der Waals surface area contributed by atoms with E-state index in [-0.39, 0.29) is 5.78 Å². The van der Waals surface area contributed by atoms with Gasteiger partial charge in [-0.25, -0.2) is 0 Å². The first-order valence-corrected chi connectivity index (χ1v) is 14.5. The lowest BCUT2D eigenvalue weighted by Gasteiger charge is -2.36. The van der Waals surface area contributed by atoms with Gasteiger partial charge in [-0.15, -0.1) is 0 Å². The quantitative estimate of drug-likeness (QED) is 0.272. The normalized spacial score (nSPS) is 17.3. The molecule has 4 aromatic rings. The summed E-state index contributed by atoms with van der Waals surface area (Å²) in [5, 5.41) is 10.4. The molecule has 6 rings (SSSR count). The van der Waals surface area contributed by atoms with Crippen molar-refractivity contribution in [1.29, 1.82) is 5.26 Å². The highest BCUT2D eigenvalue weighted by Gasteiger charge is 2.22. The Balaban J connectivity index is 0.945. The molecular formula is C33H37N5O2. The fraction of sp³-hybridized carbons (Fsp3) is 0.394. The highest BCUT2D eigenvalue weighted by molar-refractivity contribution is 5.96. The molecule has 1 N–H and O–H groups in total. The van der Waals surface area contributed by atoms with Crippen LogP contribution in [0.3, 0.4) is 0 Å². The molecule has 40 heavy (non-hydrogen) atoms. The van der Waals surface area contributed by atoms with Crippen molar-refractivity contribution in [2.24, 2.45) is 5.92 Å². The van der Waals surface area contributed by atoms with Crippen LogP contribution in [0.5, 0.6) is 0 Å². The Morgan fingerprint density at radius 1 is 0.950 bits per heavy atom. The number of piperazine rings is 1. The highest BCUT2D eigenvalue weighted by Crippen LogP contribution is 2.26. The molecule has 0 bridgehead atoms. The van der Waals surface area contributed by atoms with Crippen LogP contribution in [0, 0.1) is 17.2 Å². The lowest BCUT2D eigenvalue weighted by atomic mass is 9.90. The van der Waals surface area contributed by atoms with E-state index in [9.17, 15) is 10.1 Å². The standard InChI is InChI=1S/C33H37N5O2/c34-20-26-1-7-32-31(19-26)29(21-35-32)23-37-14-16-38(17-15-37)30-5-3-28(4-6-30)33(39)8-2-25-9-12-36(13-10-25)22-27-11-18-40-24-27/h1,3-7,11,18-19,21,24-25,35H,2,8-10,12-17,22-23H2. The van der Waals surface area contributed by atoms with Crippen molar-refractivity contribution < 1.29 is 9.21 Å². The third-order valence-corrected chi connectivity index (χ3v) is 8.69. The molecule has 0 amide bonds. The summed E-state index contributed by atoms with van der Waals surface area (Å²) in [5.41, 5.74) is 6.27. The molecule has 2 saturated heterocycles. The number of likely N-dealkylation sites (tertiary alicyclic amines) is 1. The number of furan rings is 1. The Kier molecular flexibility index (Phi) is 7.99. The number of nitriles is 1. The number of piperidine rings is 1. The minimum Gasteiger partial charge on any atom is -0.472 e. The number of Topliss-reactive ketones (excluding diaryl/α,β-unsaturated/α-hetero) is 1. The van der Waals surface area contributed by atoms with Crippen LogP contribution >= 0.6 is 0 Å². The monoisotopic (exact) mass is 535 g/mol. The van der Waals surface area contributed by atoms with Crippen LogP contribution in [0.2, 0.25) is 0 Å². The molecule has 0 saturated carbocycles. The number of anilines is 1. The lowest BCUT2D eigenvalue weighted by Crippen LogP contribution is -2.45. The van der Waals surface area contributed by atoms with Crippen molar-refractivity contribution in [2.45, 2.75) is 38.8 Å². The van der Waals surface area contributed by atoms with Crippen LogP contribution in [-0.4, -0.2) is 59.8 Å². The van der Waals surface area contributed by atoms with Crippen LogP contribution in [0.25, 0.3) is 10.9 Å². The predicted octanol–water partition coefficient (Wildman–Crippen LogP) is 5.83. The summed E-state index contributed by atoms with van der Waals surface area (Å²) in [6.45, 7) is 7.89. The molecule has 0 radical (unpaired) electrons. The molecule has 2 aromatic carbocycles. The maximum Gasteiger partial charge on any atom is 0.162 e. The minimum absolute atomic E-state index is 0.260. The van der Waals surface area contributed by atoms with E-state index in [0.29, 0.717) is 17.9 Å². The second kappa shape index (κ2) is 12.1. The smallest absolute Gasteiger partial charge is 0.162 e. The van der Waals surface area contributed by atoms with Gasteiger partial charge in [-0.3, -0.25) is 14.6 Å². The Bertz CT molecular complexity index is 1450. The summed E-state index contributed by atoms with van der Waals surface area (Å²) in [5.74, 6) is 0.897. The van der Waals surface area contributed by atoms with Gasteiger partial charge in [0.1, 0.15) is 0 Å². The van der Waals surface area contributed by atoms with Gasteiger partial charge in [-0.2, -0.15) is 5.26 Å². The van der Waals surface area contributed by atoms with Gasteiger partial charge in [0.25, 0.3) is 0 Å². The molecule has 7 nitrogen and oxygen atoms in total. The molecule has 2 aliphatic heterocycles. The van der Waals surface area contributed by atoms with Gasteiger partial charge < -0.3 is 14.3 Å². The number of hydrogen-bond acceptors (Lipinski definition) is 6. The molecule has 2 fully saturated rings. The van der Waals surface area contributed by atoms with Crippen molar-refractivity contribution in [3.8, 4) is 6.07 Å². The number of aromatic amines is 1. The zero-order valence-electron chi connectivity index (χ0n) is 23.0. The molecule has 2 aliphatic rings. The van der Waals surface area contributed by atoms with Crippen LogP contribution in [0.4, 0.5) is 5.69 Å². The fourth-order valence-electron chi connectivity index (χ4n) is 6.20. The molecule has 0 unspecified atom stereocenters. The summed E-state index contributed by atoms with van der Waals surface area (Å²) >= 11 is 0. The van der Waals surface area contributed by atoms with Gasteiger partial charge in [0, 0.05) is 79.6 Å². The first-order valence-electron chi connectivity index (χ1n) is 14.5. The maximum atomic E-state index is 12.9. The number of ketones is 1. The number of benzene rings is 2. The van der Waals surface area contributed by atoms with E-state index in [1.54, 1.807) is 6.26 Å². The molecule has 4 heterocycles. The SMILES string of the molecule is N#Cc1ccc2[nH]cc(CN3CCN(c4ccc(C(=O)CCC5CCN(Cc6ccoc6)CC5)cc4)CC3)c2c1. The number of hydrogen-bond donors (Lipinski definition) is 1. The molecular weight excluding hydrogens is 498 g/mol. The number of carbonyl (C=O) groups is 1. The largest absolute Gasteiger partial charge is 0.472 e. The van der Waals surface area contributed by atoms with Crippen molar-refractivity contribution >= 4 is 22.4 Å². The van der Waals surface area contributed by atoms with Crippen LogP contribution in [0.15, 0.2) is 71.7 Å². The first-order chi connectivity index (χ1) is 19.6. The van der Waals surface area contributed by atoms with Crippen molar-refractivity contribution in [1.82, 2.24) is 14.8 Å². The summed E-state index contributed by atoms with van der Waals surface area (Å²) in [6, 6.07) is 18.3. The zero-order valence-corrected chi connectivity index (χ0v) is 23.0. The summed E-state index contributed by atoms with van der Waals surface area (Å²) in [6.07, 6.45) is 9.58. The number of carbonyl (C=O) groups excluding carboxylic acids is 1. The van der Waals surface area contributed by atoms with E-state index < -0.39 is 0 Å². The van der Waals surface area contributed by atoms with E-state index in [4.69, 9.17) is 4.42 Å². The molecule has 206 valence electrons. The van der Waals surface area contributed by atoms with Gasteiger partial charge in [0.2, 0.25) is 0 Å². The average molecular weight is 536 g/mol. The Labute approximate surface area is 236 Å². The topological polar surface area (TPSA) is 79.5 Å². The van der Waals surface area contributed by atoms with Crippen molar-refractivity contribution in [2.75, 3.05) is 44.2 Å². The Morgan fingerprint density at radius 2 is 1.73 bits per heavy atom. The van der Waals surface area contributed by atoms with Gasteiger partial charge in [-0.05, 0) is 92.4 Å². The van der Waals surface area contributed by atoms with E-state index >= 15 is 0 Å². The molecule has 0 atom stereocenters.